The highest BCUT2D eigenvalue weighted by Gasteiger charge is 2.54. The minimum absolute atomic E-state index is 0.0614. The summed E-state index contributed by atoms with van der Waals surface area (Å²) in [5, 5.41) is 0. The van der Waals surface area contributed by atoms with Gasteiger partial charge in [-0.1, -0.05) is 47.2 Å². The van der Waals surface area contributed by atoms with Crippen molar-refractivity contribution in [1.82, 2.24) is 0 Å². The van der Waals surface area contributed by atoms with E-state index in [4.69, 9.17) is 0 Å². The van der Waals surface area contributed by atoms with E-state index in [2.05, 4.69) is 8.67 Å². The first-order valence-corrected chi connectivity index (χ1v) is 11.7. The van der Waals surface area contributed by atoms with Gasteiger partial charge in [-0.3, -0.25) is 9.59 Å². The van der Waals surface area contributed by atoms with E-state index in [-0.39, 0.29) is 25.7 Å². The molecule has 8 nitrogen and oxygen atoms in total. The van der Waals surface area contributed by atoms with Crippen LogP contribution in [-0.2, 0) is 38.5 Å². The van der Waals surface area contributed by atoms with Crippen LogP contribution in [0.1, 0.15) is 78.1 Å². The zero-order chi connectivity index (χ0) is 19.6. The van der Waals surface area contributed by atoms with Gasteiger partial charge in [-0.05, 0) is 39.5 Å². The molecule has 0 N–H and O–H groups in total. The third-order valence-corrected chi connectivity index (χ3v) is 9.66. The Morgan fingerprint density at radius 2 is 0.885 bits per heavy atom. The average molecular weight is 411 g/mol. The maximum absolute atomic E-state index is 12.6. The van der Waals surface area contributed by atoms with E-state index < -0.39 is 41.3 Å². The van der Waals surface area contributed by atoms with Crippen molar-refractivity contribution in [2.45, 2.75) is 87.5 Å². The molecular weight excluding hydrogens is 384 g/mol. The standard InChI is InChI=1S/C16H26O8S2/c1-13(17)15(9-5-3-6-10-15)25(19,20)23-24-26(21,22)16(14(2)18)11-7-4-8-12-16/h3-12H2,1-2H3. The SMILES string of the molecule is CC(=O)C1(S(=O)(=O)OOS(=O)(=O)C2(C(C)=O)CCCCC2)CCCCC1. The van der Waals surface area contributed by atoms with Gasteiger partial charge in [-0.25, -0.2) is 0 Å². The number of carbonyl (C=O) groups is 2. The summed E-state index contributed by atoms with van der Waals surface area (Å²) in [7, 11) is -9.26. The lowest BCUT2D eigenvalue weighted by Crippen LogP contribution is -2.50. The van der Waals surface area contributed by atoms with E-state index in [1.165, 1.54) is 0 Å². The van der Waals surface area contributed by atoms with Gasteiger partial charge in [-0.15, -0.1) is 0 Å². The Labute approximate surface area is 154 Å². The number of Topliss-reactive ketones (excluding diaryl/α,β-unsaturated/α-hetero) is 2. The van der Waals surface area contributed by atoms with Crippen molar-refractivity contribution in [3.63, 3.8) is 0 Å². The Bertz CT molecular complexity index is 688. The molecule has 0 atom stereocenters. The first-order chi connectivity index (χ1) is 12.0. The number of carbonyl (C=O) groups excluding carboxylic acids is 2. The minimum Gasteiger partial charge on any atom is -0.298 e. The fourth-order valence-corrected chi connectivity index (χ4v) is 7.13. The quantitative estimate of drug-likeness (QED) is 0.462. The van der Waals surface area contributed by atoms with Crippen molar-refractivity contribution in [3.05, 3.63) is 0 Å². The van der Waals surface area contributed by atoms with Gasteiger partial charge in [0.1, 0.15) is 0 Å². The summed E-state index contributed by atoms with van der Waals surface area (Å²) in [6.45, 7) is 2.30. The molecule has 10 heteroatoms. The minimum atomic E-state index is -4.63. The van der Waals surface area contributed by atoms with Crippen LogP contribution in [0, 0.1) is 0 Å². The third-order valence-electron chi connectivity index (χ3n) is 5.77. The van der Waals surface area contributed by atoms with Crippen LogP contribution in [0.25, 0.3) is 0 Å². The molecule has 0 aromatic carbocycles. The van der Waals surface area contributed by atoms with E-state index in [0.29, 0.717) is 25.7 Å². The normalized spacial score (nSPS) is 23.3. The Morgan fingerprint density at radius 3 is 1.12 bits per heavy atom. The van der Waals surface area contributed by atoms with Crippen LogP contribution >= 0.6 is 0 Å². The molecule has 0 unspecified atom stereocenters. The molecule has 0 aliphatic heterocycles. The van der Waals surface area contributed by atoms with Gasteiger partial charge in [-0.2, -0.15) is 16.8 Å². The molecule has 0 bridgehead atoms. The Hall–Kier alpha value is -0.840. The number of hydrogen-bond acceptors (Lipinski definition) is 8. The van der Waals surface area contributed by atoms with Crippen LogP contribution < -0.4 is 0 Å². The van der Waals surface area contributed by atoms with E-state index in [1.54, 1.807) is 0 Å². The molecule has 0 radical (unpaired) electrons. The predicted molar refractivity (Wildman–Crippen MR) is 93.0 cm³/mol. The topological polar surface area (TPSA) is 121 Å². The Kier molecular flexibility index (Phi) is 6.31. The van der Waals surface area contributed by atoms with Gasteiger partial charge in [0.05, 0.1) is 0 Å². The lowest BCUT2D eigenvalue weighted by atomic mass is 9.86. The lowest BCUT2D eigenvalue weighted by molar-refractivity contribution is -0.126. The molecule has 26 heavy (non-hydrogen) atoms. The van der Waals surface area contributed by atoms with Crippen molar-refractivity contribution in [2.24, 2.45) is 0 Å². The predicted octanol–water partition coefficient (Wildman–Crippen LogP) is 2.18. The molecule has 0 spiro atoms. The van der Waals surface area contributed by atoms with E-state index >= 15 is 0 Å². The molecule has 0 heterocycles. The first kappa shape index (κ1) is 21.5. The second kappa shape index (κ2) is 7.65. The maximum Gasteiger partial charge on any atom is 0.307 e. The van der Waals surface area contributed by atoms with Crippen molar-refractivity contribution < 1.29 is 35.1 Å². The van der Waals surface area contributed by atoms with Gasteiger partial charge >= 0.3 is 20.2 Å². The molecule has 2 fully saturated rings. The van der Waals surface area contributed by atoms with Gasteiger partial charge < -0.3 is 0 Å². The Balaban J connectivity index is 2.27. The summed E-state index contributed by atoms with van der Waals surface area (Å²) in [6, 6.07) is 0. The van der Waals surface area contributed by atoms with Crippen LogP contribution in [0.3, 0.4) is 0 Å². The van der Waals surface area contributed by atoms with Gasteiger partial charge in [0.15, 0.2) is 21.1 Å². The van der Waals surface area contributed by atoms with E-state index in [1.807, 2.05) is 0 Å². The molecule has 2 aliphatic carbocycles. The summed E-state index contributed by atoms with van der Waals surface area (Å²) in [6.07, 6.45) is 3.90. The molecule has 0 aromatic rings. The van der Waals surface area contributed by atoms with Crippen molar-refractivity contribution >= 4 is 31.8 Å². The monoisotopic (exact) mass is 410 g/mol. The van der Waals surface area contributed by atoms with Crippen molar-refractivity contribution in [3.8, 4) is 0 Å². The zero-order valence-corrected chi connectivity index (χ0v) is 16.8. The van der Waals surface area contributed by atoms with Crippen LogP contribution in [-0.4, -0.2) is 37.9 Å². The van der Waals surface area contributed by atoms with Gasteiger partial charge in [0.2, 0.25) is 0 Å². The second-order valence-electron chi connectivity index (χ2n) is 7.27. The number of ketones is 2. The number of rotatable bonds is 7. The largest absolute Gasteiger partial charge is 0.307 e. The summed E-state index contributed by atoms with van der Waals surface area (Å²) >= 11 is 0. The van der Waals surface area contributed by atoms with Crippen LogP contribution in [0.4, 0.5) is 0 Å². The molecule has 2 aliphatic rings. The highest BCUT2D eigenvalue weighted by Crippen LogP contribution is 2.40. The molecule has 0 aromatic heterocycles. The van der Waals surface area contributed by atoms with Crippen molar-refractivity contribution in [2.75, 3.05) is 0 Å². The third kappa shape index (κ3) is 3.61. The summed E-state index contributed by atoms with van der Waals surface area (Å²) < 4.78 is 55.8. The summed E-state index contributed by atoms with van der Waals surface area (Å²) in [5.41, 5.74) is 0. The van der Waals surface area contributed by atoms with Gasteiger partial charge in [0, 0.05) is 0 Å². The molecule has 150 valence electrons. The van der Waals surface area contributed by atoms with Gasteiger partial charge in [0.25, 0.3) is 0 Å². The summed E-state index contributed by atoms with van der Waals surface area (Å²) in [4.78, 5) is 24.1. The van der Waals surface area contributed by atoms with E-state index in [0.717, 1.165) is 26.7 Å². The van der Waals surface area contributed by atoms with Crippen molar-refractivity contribution in [1.29, 1.82) is 0 Å². The number of hydrogen-bond donors (Lipinski definition) is 0. The average Bonchev–Trinajstić information content (AvgIpc) is 2.61. The molecule has 2 saturated carbocycles. The molecule has 0 saturated heterocycles. The van der Waals surface area contributed by atoms with E-state index in [9.17, 15) is 26.4 Å². The zero-order valence-electron chi connectivity index (χ0n) is 15.2. The highest BCUT2D eigenvalue weighted by molar-refractivity contribution is 7.91. The molecule has 2 rings (SSSR count). The summed E-state index contributed by atoms with van der Waals surface area (Å²) in [5.74, 6) is -1.20. The smallest absolute Gasteiger partial charge is 0.298 e. The highest BCUT2D eigenvalue weighted by atomic mass is 32.2. The second-order valence-corrected chi connectivity index (χ2v) is 10.9. The fourth-order valence-electron chi connectivity index (χ4n) is 4.01. The first-order valence-electron chi connectivity index (χ1n) is 8.90. The van der Waals surface area contributed by atoms with Crippen LogP contribution in [0.5, 0.6) is 0 Å². The fraction of sp³-hybridized carbons (Fsp3) is 0.875. The maximum atomic E-state index is 12.6. The van der Waals surface area contributed by atoms with Crippen LogP contribution in [0.15, 0.2) is 0 Å². The molecular formula is C16H26O8S2. The lowest BCUT2D eigenvalue weighted by Gasteiger charge is -2.34. The Morgan fingerprint density at radius 1 is 0.615 bits per heavy atom. The molecule has 0 amide bonds. The van der Waals surface area contributed by atoms with Crippen LogP contribution in [0.2, 0.25) is 0 Å².